The number of ether oxygens (including phenoxy) is 1. The molecule has 1 atom stereocenters. The van der Waals surface area contributed by atoms with Gasteiger partial charge in [0.05, 0.1) is 19.8 Å². The summed E-state index contributed by atoms with van der Waals surface area (Å²) in [7, 11) is 0. The fraction of sp³-hybridized carbons (Fsp3) is 0.727. The standard InChI is InChI=1S/C11H19NO3/c13-6-8-15-7-5-12-11(14)9-10-3-1-2-4-10/h1,3,10,13H,2,4-9H2,(H,12,14). The molecule has 0 aliphatic heterocycles. The molecule has 1 amide bonds. The van der Waals surface area contributed by atoms with Gasteiger partial charge in [0, 0.05) is 13.0 Å². The van der Waals surface area contributed by atoms with Crippen LogP contribution in [0.25, 0.3) is 0 Å². The van der Waals surface area contributed by atoms with Gasteiger partial charge in [-0.3, -0.25) is 4.79 Å². The molecule has 4 heteroatoms. The second-order valence-corrected chi connectivity index (χ2v) is 3.66. The van der Waals surface area contributed by atoms with Gasteiger partial charge < -0.3 is 15.2 Å². The molecule has 0 aromatic carbocycles. The van der Waals surface area contributed by atoms with Crippen molar-refractivity contribution in [2.75, 3.05) is 26.4 Å². The minimum Gasteiger partial charge on any atom is -0.394 e. The Morgan fingerprint density at radius 1 is 1.53 bits per heavy atom. The van der Waals surface area contributed by atoms with Crippen LogP contribution < -0.4 is 5.32 Å². The van der Waals surface area contributed by atoms with Gasteiger partial charge in [-0.25, -0.2) is 0 Å². The zero-order chi connectivity index (χ0) is 10.9. The molecule has 4 nitrogen and oxygen atoms in total. The summed E-state index contributed by atoms with van der Waals surface area (Å²) in [6.45, 7) is 1.35. The summed E-state index contributed by atoms with van der Waals surface area (Å²) in [5, 5.41) is 11.2. The van der Waals surface area contributed by atoms with E-state index in [4.69, 9.17) is 9.84 Å². The fourth-order valence-electron chi connectivity index (χ4n) is 1.60. The highest BCUT2D eigenvalue weighted by Gasteiger charge is 2.13. The van der Waals surface area contributed by atoms with Crippen molar-refractivity contribution < 1.29 is 14.6 Å². The number of nitrogens with one attached hydrogen (secondary N) is 1. The summed E-state index contributed by atoms with van der Waals surface area (Å²) >= 11 is 0. The molecule has 0 saturated carbocycles. The van der Waals surface area contributed by atoms with Gasteiger partial charge in [-0.05, 0) is 18.8 Å². The molecule has 15 heavy (non-hydrogen) atoms. The molecule has 2 N–H and O–H groups in total. The third-order valence-corrected chi connectivity index (χ3v) is 2.36. The van der Waals surface area contributed by atoms with Crippen LogP contribution in [0.1, 0.15) is 19.3 Å². The largest absolute Gasteiger partial charge is 0.394 e. The van der Waals surface area contributed by atoms with Crippen LogP contribution in [0.15, 0.2) is 12.2 Å². The van der Waals surface area contributed by atoms with E-state index in [-0.39, 0.29) is 12.5 Å². The maximum Gasteiger partial charge on any atom is 0.220 e. The molecule has 0 saturated heterocycles. The first-order valence-electron chi connectivity index (χ1n) is 5.45. The number of carbonyl (C=O) groups is 1. The van der Waals surface area contributed by atoms with Crippen molar-refractivity contribution in [1.82, 2.24) is 5.32 Å². The van der Waals surface area contributed by atoms with E-state index in [9.17, 15) is 4.79 Å². The van der Waals surface area contributed by atoms with Crippen LogP contribution in [0.5, 0.6) is 0 Å². The van der Waals surface area contributed by atoms with Crippen molar-refractivity contribution in [3.63, 3.8) is 0 Å². The third-order valence-electron chi connectivity index (χ3n) is 2.36. The van der Waals surface area contributed by atoms with Gasteiger partial charge in [0.15, 0.2) is 0 Å². The molecule has 1 aliphatic carbocycles. The number of amides is 1. The summed E-state index contributed by atoms with van der Waals surface area (Å²) in [6, 6.07) is 0. The Kier molecular flexibility index (Phi) is 6.04. The number of allylic oxidation sites excluding steroid dienone is 2. The smallest absolute Gasteiger partial charge is 0.220 e. The summed E-state index contributed by atoms with van der Waals surface area (Å²) in [5.41, 5.74) is 0. The molecule has 86 valence electrons. The Bertz CT molecular complexity index is 216. The van der Waals surface area contributed by atoms with Gasteiger partial charge in [0.25, 0.3) is 0 Å². The first-order chi connectivity index (χ1) is 7.33. The van der Waals surface area contributed by atoms with Crippen LogP contribution >= 0.6 is 0 Å². The quantitative estimate of drug-likeness (QED) is 0.477. The Balaban J connectivity index is 1.96. The lowest BCUT2D eigenvalue weighted by Crippen LogP contribution is -2.28. The molecular weight excluding hydrogens is 194 g/mol. The first kappa shape index (κ1) is 12.2. The van der Waals surface area contributed by atoms with Crippen molar-refractivity contribution in [2.45, 2.75) is 19.3 Å². The van der Waals surface area contributed by atoms with Crippen LogP contribution in [0.4, 0.5) is 0 Å². The molecule has 0 spiro atoms. The van der Waals surface area contributed by atoms with Crippen LogP contribution in [-0.4, -0.2) is 37.4 Å². The normalized spacial score (nSPS) is 19.4. The van der Waals surface area contributed by atoms with Crippen LogP contribution in [-0.2, 0) is 9.53 Å². The minimum absolute atomic E-state index is 0.0286. The highest BCUT2D eigenvalue weighted by Crippen LogP contribution is 2.19. The Morgan fingerprint density at radius 3 is 3.07 bits per heavy atom. The van der Waals surface area contributed by atoms with E-state index in [0.29, 0.717) is 32.1 Å². The number of aliphatic hydroxyl groups excluding tert-OH is 1. The Morgan fingerprint density at radius 2 is 2.40 bits per heavy atom. The molecule has 0 aromatic rings. The maximum atomic E-state index is 11.4. The second kappa shape index (κ2) is 7.43. The number of aliphatic hydroxyl groups is 1. The van der Waals surface area contributed by atoms with Crippen LogP contribution in [0, 0.1) is 5.92 Å². The molecule has 0 bridgehead atoms. The van der Waals surface area contributed by atoms with Crippen LogP contribution in [0.3, 0.4) is 0 Å². The summed E-state index contributed by atoms with van der Waals surface area (Å²) in [6.07, 6.45) is 7.01. The van der Waals surface area contributed by atoms with Crippen molar-refractivity contribution in [3.05, 3.63) is 12.2 Å². The minimum atomic E-state index is 0.0286. The van der Waals surface area contributed by atoms with Gasteiger partial charge in [-0.2, -0.15) is 0 Å². The first-order valence-corrected chi connectivity index (χ1v) is 5.45. The molecule has 0 radical (unpaired) electrons. The number of rotatable bonds is 7. The van der Waals surface area contributed by atoms with Crippen LogP contribution in [0.2, 0.25) is 0 Å². The lowest BCUT2D eigenvalue weighted by atomic mass is 10.1. The third kappa shape index (κ3) is 5.54. The zero-order valence-corrected chi connectivity index (χ0v) is 8.95. The van der Waals surface area contributed by atoms with E-state index >= 15 is 0 Å². The summed E-state index contributed by atoms with van der Waals surface area (Å²) in [4.78, 5) is 11.4. The Labute approximate surface area is 90.3 Å². The highest BCUT2D eigenvalue weighted by atomic mass is 16.5. The zero-order valence-electron chi connectivity index (χ0n) is 8.95. The van der Waals surface area contributed by atoms with Gasteiger partial charge in [-0.15, -0.1) is 0 Å². The lowest BCUT2D eigenvalue weighted by molar-refractivity contribution is -0.121. The predicted molar refractivity (Wildman–Crippen MR) is 57.4 cm³/mol. The van der Waals surface area contributed by atoms with Gasteiger partial charge in [0.2, 0.25) is 5.91 Å². The van der Waals surface area contributed by atoms with Gasteiger partial charge >= 0.3 is 0 Å². The van der Waals surface area contributed by atoms with E-state index < -0.39 is 0 Å². The summed E-state index contributed by atoms with van der Waals surface area (Å²) < 4.78 is 5.02. The number of hydrogen-bond acceptors (Lipinski definition) is 3. The molecule has 1 aliphatic rings. The average Bonchev–Trinajstić information content (AvgIpc) is 2.70. The van der Waals surface area contributed by atoms with Gasteiger partial charge in [-0.1, -0.05) is 12.2 Å². The molecule has 0 heterocycles. The molecular formula is C11H19NO3. The van der Waals surface area contributed by atoms with E-state index in [0.717, 1.165) is 12.8 Å². The van der Waals surface area contributed by atoms with Gasteiger partial charge in [0.1, 0.15) is 0 Å². The monoisotopic (exact) mass is 213 g/mol. The molecule has 0 aromatic heterocycles. The van der Waals surface area contributed by atoms with E-state index in [2.05, 4.69) is 17.5 Å². The predicted octanol–water partition coefficient (Wildman–Crippen LogP) is 0.468. The second-order valence-electron chi connectivity index (χ2n) is 3.66. The van der Waals surface area contributed by atoms with Crippen molar-refractivity contribution in [1.29, 1.82) is 0 Å². The van der Waals surface area contributed by atoms with Crippen molar-refractivity contribution in [2.24, 2.45) is 5.92 Å². The molecule has 0 fully saturated rings. The topological polar surface area (TPSA) is 58.6 Å². The Hall–Kier alpha value is -0.870. The van der Waals surface area contributed by atoms with E-state index in [1.807, 2.05) is 0 Å². The summed E-state index contributed by atoms with van der Waals surface area (Å²) in [5.74, 6) is 0.502. The average molecular weight is 213 g/mol. The lowest BCUT2D eigenvalue weighted by Gasteiger charge is -2.08. The SMILES string of the molecule is O=C(CC1C=CCC1)NCCOCCO. The number of hydrogen-bond donors (Lipinski definition) is 2. The number of carbonyl (C=O) groups excluding carboxylic acids is 1. The fourth-order valence-corrected chi connectivity index (χ4v) is 1.60. The maximum absolute atomic E-state index is 11.4. The van der Waals surface area contributed by atoms with Crippen molar-refractivity contribution >= 4 is 5.91 Å². The molecule has 1 rings (SSSR count). The van der Waals surface area contributed by atoms with E-state index in [1.165, 1.54) is 0 Å². The van der Waals surface area contributed by atoms with E-state index in [1.54, 1.807) is 0 Å². The molecule has 1 unspecified atom stereocenters. The highest BCUT2D eigenvalue weighted by molar-refractivity contribution is 5.76. The van der Waals surface area contributed by atoms with Crippen molar-refractivity contribution in [3.8, 4) is 0 Å².